The zero-order valence-electron chi connectivity index (χ0n) is 17.1. The second-order valence-corrected chi connectivity index (χ2v) is 8.05. The number of benzene rings is 2. The van der Waals surface area contributed by atoms with Gasteiger partial charge >= 0.3 is 0 Å². The molecule has 6 nitrogen and oxygen atoms in total. The fourth-order valence-corrected chi connectivity index (χ4v) is 3.23. The van der Waals surface area contributed by atoms with Crippen LogP contribution in [0, 0.1) is 6.92 Å². The van der Waals surface area contributed by atoms with E-state index in [9.17, 15) is 9.59 Å². The van der Waals surface area contributed by atoms with Gasteiger partial charge in [-0.25, -0.2) is 0 Å². The summed E-state index contributed by atoms with van der Waals surface area (Å²) < 4.78 is 6.54. The first-order valence-corrected chi connectivity index (χ1v) is 11.0. The van der Waals surface area contributed by atoms with E-state index < -0.39 is 5.91 Å². The van der Waals surface area contributed by atoms with Crippen LogP contribution in [-0.4, -0.2) is 23.5 Å². The molecule has 0 saturated carbocycles. The molecule has 2 rings (SSSR count). The highest BCUT2D eigenvalue weighted by Crippen LogP contribution is 2.23. The van der Waals surface area contributed by atoms with E-state index in [1.54, 1.807) is 24.3 Å². The van der Waals surface area contributed by atoms with E-state index in [1.165, 1.54) is 0 Å². The molecule has 0 atom stereocenters. The molecule has 0 aliphatic rings. The first-order chi connectivity index (χ1) is 14.4. The standard InChI is InChI=1S/C22H26BrN3O3S/c1-3-4-5-8-13-29-19-12-11-16(23)14-18(19)20(27)24-22(30)26-25-21(28)17-10-7-6-9-15(17)2/h6-7,9-12,14H,3-5,8,13H2,1-2H3,(H,25,28)(H2,24,26,27,30). The van der Waals surface area contributed by atoms with Crippen molar-refractivity contribution in [1.82, 2.24) is 16.2 Å². The zero-order chi connectivity index (χ0) is 21.9. The number of aryl methyl sites for hydroxylation is 1. The number of hydrogen-bond donors (Lipinski definition) is 3. The lowest BCUT2D eigenvalue weighted by Gasteiger charge is -2.14. The first-order valence-electron chi connectivity index (χ1n) is 9.82. The summed E-state index contributed by atoms with van der Waals surface area (Å²) in [7, 11) is 0. The van der Waals surface area contributed by atoms with Gasteiger partial charge in [-0.1, -0.05) is 60.3 Å². The molecule has 3 N–H and O–H groups in total. The van der Waals surface area contributed by atoms with Crippen LogP contribution in [0.4, 0.5) is 0 Å². The zero-order valence-corrected chi connectivity index (χ0v) is 19.5. The molecule has 0 aliphatic carbocycles. The molecule has 2 aromatic carbocycles. The van der Waals surface area contributed by atoms with Gasteiger partial charge in [0.05, 0.1) is 12.2 Å². The van der Waals surface area contributed by atoms with Crippen LogP contribution in [-0.2, 0) is 0 Å². The van der Waals surface area contributed by atoms with E-state index in [0.717, 1.165) is 35.7 Å². The first kappa shape index (κ1) is 23.8. The van der Waals surface area contributed by atoms with Crippen LogP contribution in [0.15, 0.2) is 46.9 Å². The van der Waals surface area contributed by atoms with Crippen molar-refractivity contribution in [3.63, 3.8) is 0 Å². The molecular formula is C22H26BrN3O3S. The Kier molecular flexibility index (Phi) is 9.76. The Labute approximate surface area is 190 Å². The normalized spacial score (nSPS) is 10.2. The summed E-state index contributed by atoms with van der Waals surface area (Å²) in [5.74, 6) is -0.287. The van der Waals surface area contributed by atoms with Crippen LogP contribution < -0.4 is 20.9 Å². The van der Waals surface area contributed by atoms with Gasteiger partial charge in [-0.15, -0.1) is 0 Å². The molecule has 0 aromatic heterocycles. The summed E-state index contributed by atoms with van der Waals surface area (Å²) in [6.45, 7) is 4.53. The smallest absolute Gasteiger partial charge is 0.269 e. The number of thiocarbonyl (C=S) groups is 1. The molecule has 0 aliphatic heterocycles. The minimum Gasteiger partial charge on any atom is -0.493 e. The molecule has 2 amide bonds. The molecule has 0 fully saturated rings. The Morgan fingerprint density at radius 1 is 1.00 bits per heavy atom. The van der Waals surface area contributed by atoms with Gasteiger partial charge in [0, 0.05) is 10.0 Å². The fraction of sp³-hybridized carbons (Fsp3) is 0.318. The Morgan fingerprint density at radius 3 is 2.50 bits per heavy atom. The highest BCUT2D eigenvalue weighted by Gasteiger charge is 2.15. The van der Waals surface area contributed by atoms with E-state index in [1.807, 2.05) is 25.1 Å². The number of hydrogen-bond acceptors (Lipinski definition) is 4. The second kappa shape index (κ2) is 12.3. The predicted octanol–water partition coefficient (Wildman–Crippen LogP) is 4.67. The lowest BCUT2D eigenvalue weighted by Crippen LogP contribution is -2.48. The molecule has 0 spiro atoms. The van der Waals surface area contributed by atoms with Gasteiger partial charge in [0.15, 0.2) is 5.11 Å². The number of carbonyl (C=O) groups is 2. The van der Waals surface area contributed by atoms with Crippen molar-refractivity contribution in [2.24, 2.45) is 0 Å². The lowest BCUT2D eigenvalue weighted by atomic mass is 10.1. The molecule has 0 radical (unpaired) electrons. The minimum absolute atomic E-state index is 0.0178. The van der Waals surface area contributed by atoms with Crippen molar-refractivity contribution in [2.45, 2.75) is 39.5 Å². The largest absolute Gasteiger partial charge is 0.493 e. The summed E-state index contributed by atoms with van der Waals surface area (Å²) >= 11 is 8.51. The summed E-state index contributed by atoms with van der Waals surface area (Å²) in [4.78, 5) is 24.9. The molecule has 0 heterocycles. The molecule has 8 heteroatoms. The van der Waals surface area contributed by atoms with Gasteiger partial charge in [-0.2, -0.15) is 0 Å². The van der Waals surface area contributed by atoms with Crippen LogP contribution in [0.25, 0.3) is 0 Å². The third kappa shape index (κ3) is 7.42. The van der Waals surface area contributed by atoms with Gasteiger partial charge in [-0.3, -0.25) is 25.8 Å². The molecule has 2 aromatic rings. The van der Waals surface area contributed by atoms with Gasteiger partial charge < -0.3 is 4.74 Å². The summed E-state index contributed by atoms with van der Waals surface area (Å²) in [6.07, 6.45) is 4.32. The summed E-state index contributed by atoms with van der Waals surface area (Å²) in [6, 6.07) is 12.4. The predicted molar refractivity (Wildman–Crippen MR) is 126 cm³/mol. The van der Waals surface area contributed by atoms with Crippen molar-refractivity contribution >= 4 is 45.1 Å². The average molecular weight is 492 g/mol. The minimum atomic E-state index is -0.428. The molecular weight excluding hydrogens is 466 g/mol. The Hall–Kier alpha value is -2.45. The van der Waals surface area contributed by atoms with Gasteiger partial charge in [0.2, 0.25) is 0 Å². The van der Waals surface area contributed by atoms with Crippen molar-refractivity contribution in [2.75, 3.05) is 6.61 Å². The van der Waals surface area contributed by atoms with Crippen molar-refractivity contribution in [3.8, 4) is 5.75 Å². The van der Waals surface area contributed by atoms with Crippen LogP contribution >= 0.6 is 28.1 Å². The second-order valence-electron chi connectivity index (χ2n) is 6.73. The lowest BCUT2D eigenvalue weighted by molar-refractivity contribution is 0.0933. The Morgan fingerprint density at radius 2 is 1.77 bits per heavy atom. The van der Waals surface area contributed by atoms with Gasteiger partial charge in [-0.05, 0) is 55.4 Å². The maximum absolute atomic E-state index is 12.7. The highest BCUT2D eigenvalue weighted by atomic mass is 79.9. The number of halogens is 1. The van der Waals surface area contributed by atoms with Crippen molar-refractivity contribution in [3.05, 3.63) is 63.6 Å². The Bertz CT molecular complexity index is 905. The maximum atomic E-state index is 12.7. The van der Waals surface area contributed by atoms with E-state index in [4.69, 9.17) is 17.0 Å². The molecule has 0 saturated heterocycles. The maximum Gasteiger partial charge on any atom is 0.269 e. The van der Waals surface area contributed by atoms with E-state index in [2.05, 4.69) is 39.0 Å². The topological polar surface area (TPSA) is 79.5 Å². The molecule has 30 heavy (non-hydrogen) atoms. The SMILES string of the molecule is CCCCCCOc1ccc(Br)cc1C(=O)NC(=S)NNC(=O)c1ccccc1C. The van der Waals surface area contributed by atoms with Crippen molar-refractivity contribution < 1.29 is 14.3 Å². The Balaban J connectivity index is 1.92. The number of ether oxygens (including phenoxy) is 1. The number of rotatable bonds is 8. The quantitative estimate of drug-likeness (QED) is 0.284. The molecule has 0 unspecified atom stereocenters. The van der Waals surface area contributed by atoms with Gasteiger partial charge in [0.1, 0.15) is 5.75 Å². The number of carbonyl (C=O) groups excluding carboxylic acids is 2. The van der Waals surface area contributed by atoms with Crippen molar-refractivity contribution in [1.29, 1.82) is 0 Å². The third-order valence-electron chi connectivity index (χ3n) is 4.35. The van der Waals surface area contributed by atoms with Crippen LogP contribution in [0.1, 0.15) is 58.9 Å². The molecule has 160 valence electrons. The van der Waals surface area contributed by atoms with Crippen LogP contribution in [0.5, 0.6) is 5.75 Å². The number of unbranched alkanes of at least 4 members (excludes halogenated alkanes) is 3. The molecule has 0 bridgehead atoms. The van der Waals surface area contributed by atoms with E-state index >= 15 is 0 Å². The number of hydrazine groups is 1. The summed E-state index contributed by atoms with van der Waals surface area (Å²) in [5.41, 5.74) is 6.76. The van der Waals surface area contributed by atoms with Crippen LogP contribution in [0.3, 0.4) is 0 Å². The van der Waals surface area contributed by atoms with E-state index in [-0.39, 0.29) is 11.0 Å². The third-order valence-corrected chi connectivity index (χ3v) is 5.05. The number of nitrogens with one attached hydrogen (secondary N) is 3. The highest BCUT2D eigenvalue weighted by molar-refractivity contribution is 9.10. The van der Waals surface area contributed by atoms with Gasteiger partial charge in [0.25, 0.3) is 11.8 Å². The summed E-state index contributed by atoms with van der Waals surface area (Å²) in [5, 5.41) is 2.54. The van der Waals surface area contributed by atoms with E-state index in [0.29, 0.717) is 23.5 Å². The average Bonchev–Trinajstić information content (AvgIpc) is 2.73. The number of amides is 2. The monoisotopic (exact) mass is 491 g/mol. The van der Waals surface area contributed by atoms with Crippen LogP contribution in [0.2, 0.25) is 0 Å². The fourth-order valence-electron chi connectivity index (χ4n) is 2.73.